The maximum atomic E-state index is 14.5. The van der Waals surface area contributed by atoms with Crippen LogP contribution in [0.3, 0.4) is 0 Å². The van der Waals surface area contributed by atoms with Gasteiger partial charge in [0.2, 0.25) is 0 Å². The smallest absolute Gasteiger partial charge is 0.160 e. The van der Waals surface area contributed by atoms with Crippen molar-refractivity contribution in [1.82, 2.24) is 19.9 Å². The molecule has 7 heteroatoms. The minimum atomic E-state index is -0.709. The Labute approximate surface area is 166 Å². The second kappa shape index (κ2) is 7.16. The zero-order chi connectivity index (χ0) is 20.7. The second-order valence-electron chi connectivity index (χ2n) is 7.10. The fourth-order valence-electron chi connectivity index (χ4n) is 3.49. The summed E-state index contributed by atoms with van der Waals surface area (Å²) < 4.78 is 28.7. The number of nitrogens with zero attached hydrogens (tertiary/aromatic N) is 4. The molecule has 2 aromatic carbocycles. The topological polar surface area (TPSA) is 63.6 Å². The first-order valence-corrected chi connectivity index (χ1v) is 9.12. The summed E-state index contributed by atoms with van der Waals surface area (Å²) in [6.07, 6.45) is 2.90. The van der Waals surface area contributed by atoms with Crippen molar-refractivity contribution in [3.63, 3.8) is 0 Å². The summed E-state index contributed by atoms with van der Waals surface area (Å²) >= 11 is 0. The Morgan fingerprint density at radius 3 is 2.31 bits per heavy atom. The van der Waals surface area contributed by atoms with E-state index < -0.39 is 11.6 Å². The average molecular weight is 391 g/mol. The van der Waals surface area contributed by atoms with E-state index in [9.17, 15) is 8.78 Å². The number of benzene rings is 2. The highest BCUT2D eigenvalue weighted by Crippen LogP contribution is 2.30. The number of anilines is 2. The number of aromatic nitrogens is 4. The van der Waals surface area contributed by atoms with Gasteiger partial charge in [0.15, 0.2) is 17.5 Å². The molecule has 2 aromatic heterocycles. The molecule has 0 aliphatic rings. The average Bonchev–Trinajstić information content (AvgIpc) is 2.67. The van der Waals surface area contributed by atoms with Gasteiger partial charge in [0.1, 0.15) is 28.9 Å². The zero-order valence-electron chi connectivity index (χ0n) is 16.5. The van der Waals surface area contributed by atoms with Crippen LogP contribution in [0.1, 0.15) is 22.3 Å². The van der Waals surface area contributed by atoms with Crippen molar-refractivity contribution in [3.05, 3.63) is 70.7 Å². The lowest BCUT2D eigenvalue weighted by Gasteiger charge is -2.13. The fourth-order valence-corrected chi connectivity index (χ4v) is 3.49. The van der Waals surface area contributed by atoms with Crippen LogP contribution in [-0.4, -0.2) is 19.9 Å². The van der Waals surface area contributed by atoms with E-state index in [1.54, 1.807) is 13.1 Å². The molecule has 4 aromatic rings. The van der Waals surface area contributed by atoms with Gasteiger partial charge >= 0.3 is 0 Å². The van der Waals surface area contributed by atoms with Crippen LogP contribution in [0, 0.1) is 39.3 Å². The quantitative estimate of drug-likeness (QED) is 0.511. The minimum Gasteiger partial charge on any atom is -0.333 e. The number of nitrogens with one attached hydrogen (secondary N) is 1. The predicted molar refractivity (Wildman–Crippen MR) is 109 cm³/mol. The lowest BCUT2D eigenvalue weighted by Crippen LogP contribution is -2.04. The normalized spacial score (nSPS) is 11.1. The second-order valence-corrected chi connectivity index (χ2v) is 7.10. The lowest BCUT2D eigenvalue weighted by atomic mass is 9.99. The van der Waals surface area contributed by atoms with Gasteiger partial charge in [-0.05, 0) is 50.5 Å². The third-order valence-electron chi connectivity index (χ3n) is 4.81. The molecular formula is C22H19F2N5. The summed E-state index contributed by atoms with van der Waals surface area (Å²) in [5, 5.41) is 2.75. The first-order chi connectivity index (χ1) is 13.8. The van der Waals surface area contributed by atoms with E-state index in [0.717, 1.165) is 22.3 Å². The van der Waals surface area contributed by atoms with E-state index in [0.29, 0.717) is 22.4 Å². The van der Waals surface area contributed by atoms with E-state index in [1.165, 1.54) is 18.5 Å². The van der Waals surface area contributed by atoms with Gasteiger partial charge in [-0.1, -0.05) is 23.8 Å². The van der Waals surface area contributed by atoms with Crippen LogP contribution in [0.5, 0.6) is 0 Å². The van der Waals surface area contributed by atoms with Crippen LogP contribution in [0.2, 0.25) is 0 Å². The number of hydrogen-bond donors (Lipinski definition) is 1. The maximum Gasteiger partial charge on any atom is 0.160 e. The molecule has 29 heavy (non-hydrogen) atoms. The molecule has 0 aliphatic heterocycles. The van der Waals surface area contributed by atoms with E-state index in [1.807, 2.05) is 20.8 Å². The summed E-state index contributed by atoms with van der Waals surface area (Å²) in [7, 11) is 0. The molecular weight excluding hydrogens is 372 g/mol. The molecule has 2 heterocycles. The molecule has 4 rings (SSSR count). The third-order valence-corrected chi connectivity index (χ3v) is 4.81. The monoisotopic (exact) mass is 391 g/mol. The van der Waals surface area contributed by atoms with Crippen LogP contribution in [-0.2, 0) is 0 Å². The molecule has 0 atom stereocenters. The molecule has 1 N–H and O–H groups in total. The van der Waals surface area contributed by atoms with Crippen molar-refractivity contribution < 1.29 is 8.78 Å². The summed E-state index contributed by atoms with van der Waals surface area (Å²) in [5.74, 6) is -0.657. The van der Waals surface area contributed by atoms with Gasteiger partial charge in [-0.15, -0.1) is 0 Å². The summed E-state index contributed by atoms with van der Waals surface area (Å²) in [6, 6.07) is 6.73. The molecule has 0 fully saturated rings. The van der Waals surface area contributed by atoms with Crippen LogP contribution < -0.4 is 5.32 Å². The van der Waals surface area contributed by atoms with Crippen molar-refractivity contribution >= 4 is 22.5 Å². The van der Waals surface area contributed by atoms with Gasteiger partial charge in [-0.2, -0.15) is 0 Å². The number of aryl methyl sites for hydroxylation is 4. The maximum absolute atomic E-state index is 14.5. The Bertz CT molecular complexity index is 1230. The Morgan fingerprint density at radius 1 is 0.862 bits per heavy atom. The highest BCUT2D eigenvalue weighted by atomic mass is 19.1. The largest absolute Gasteiger partial charge is 0.333 e. The van der Waals surface area contributed by atoms with Gasteiger partial charge in [0.25, 0.3) is 0 Å². The van der Waals surface area contributed by atoms with E-state index in [-0.39, 0.29) is 11.5 Å². The number of halogens is 2. The zero-order valence-corrected chi connectivity index (χ0v) is 16.5. The van der Waals surface area contributed by atoms with Crippen molar-refractivity contribution in [1.29, 1.82) is 0 Å². The highest BCUT2D eigenvalue weighted by molar-refractivity contribution is 5.88. The van der Waals surface area contributed by atoms with Crippen molar-refractivity contribution in [2.75, 3.05) is 5.32 Å². The van der Waals surface area contributed by atoms with Gasteiger partial charge < -0.3 is 5.32 Å². The first kappa shape index (κ1) is 18.9. The third kappa shape index (κ3) is 3.40. The number of fused-ring (bicyclic) bond motifs is 1. The summed E-state index contributed by atoms with van der Waals surface area (Å²) in [5.41, 5.74) is 5.08. The van der Waals surface area contributed by atoms with Crippen LogP contribution in [0.15, 0.2) is 36.8 Å². The molecule has 0 bridgehead atoms. The molecule has 0 amide bonds. The SMILES string of the molecule is Cc1cc(C)c(-c2ncc3ncnc(Nc4c(F)ccc(C)c4F)c3n2)c(C)c1. The summed E-state index contributed by atoms with van der Waals surface area (Å²) in [4.78, 5) is 17.4. The highest BCUT2D eigenvalue weighted by Gasteiger charge is 2.16. The number of hydrogen-bond acceptors (Lipinski definition) is 5. The molecule has 0 saturated carbocycles. The van der Waals surface area contributed by atoms with Crippen molar-refractivity contribution in [2.24, 2.45) is 0 Å². The molecule has 0 radical (unpaired) electrons. The van der Waals surface area contributed by atoms with E-state index in [4.69, 9.17) is 0 Å². The molecule has 0 unspecified atom stereocenters. The summed E-state index contributed by atoms with van der Waals surface area (Å²) in [6.45, 7) is 7.61. The minimum absolute atomic E-state index is 0.212. The van der Waals surface area contributed by atoms with Gasteiger partial charge in [0.05, 0.1) is 6.20 Å². The molecule has 146 valence electrons. The molecule has 0 spiro atoms. The first-order valence-electron chi connectivity index (χ1n) is 9.12. The Hall–Kier alpha value is -3.48. The van der Waals surface area contributed by atoms with Gasteiger partial charge in [-0.25, -0.2) is 28.7 Å². The standard InChI is InChI=1S/C22H19F2N5/c1-11-7-13(3)17(14(4)8-11)21-25-9-16-20(29-21)22(27-10-26-16)28-19-15(23)6-5-12(2)18(19)24/h5-10H,1-4H3,(H,26,27,28). The van der Waals surface area contributed by atoms with Crippen molar-refractivity contribution in [2.45, 2.75) is 27.7 Å². The van der Waals surface area contributed by atoms with Crippen molar-refractivity contribution in [3.8, 4) is 11.4 Å². The van der Waals surface area contributed by atoms with Crippen LogP contribution in [0.25, 0.3) is 22.4 Å². The Balaban J connectivity index is 1.88. The Kier molecular flexibility index (Phi) is 4.66. The molecule has 5 nitrogen and oxygen atoms in total. The van der Waals surface area contributed by atoms with E-state index in [2.05, 4.69) is 37.4 Å². The van der Waals surface area contributed by atoms with Crippen LogP contribution in [0.4, 0.5) is 20.3 Å². The Morgan fingerprint density at radius 2 is 1.59 bits per heavy atom. The van der Waals surface area contributed by atoms with Gasteiger partial charge in [0, 0.05) is 5.56 Å². The fraction of sp³-hybridized carbons (Fsp3) is 0.182. The number of rotatable bonds is 3. The molecule has 0 aliphatic carbocycles. The van der Waals surface area contributed by atoms with E-state index >= 15 is 0 Å². The molecule has 0 saturated heterocycles. The lowest BCUT2D eigenvalue weighted by molar-refractivity contribution is 0.585. The predicted octanol–water partition coefficient (Wildman–Crippen LogP) is 5.34. The van der Waals surface area contributed by atoms with Gasteiger partial charge in [-0.3, -0.25) is 0 Å². The van der Waals surface area contributed by atoms with Crippen LogP contribution >= 0.6 is 0 Å².